The van der Waals surface area contributed by atoms with Crippen molar-refractivity contribution in [2.75, 3.05) is 23.1 Å². The molecule has 0 radical (unpaired) electrons. The van der Waals surface area contributed by atoms with Crippen molar-refractivity contribution in [3.05, 3.63) is 29.3 Å². The Bertz CT molecular complexity index is 680. The fraction of sp³-hybridized carbons (Fsp3) is 0.529. The first kappa shape index (κ1) is 19.7. The van der Waals surface area contributed by atoms with Gasteiger partial charge in [0.05, 0.1) is 15.6 Å². The SMILES string of the molecule is Fc1cc(NCCCCNC2CCCC2)c(Cl)cc1SNc1ncns1. The van der Waals surface area contributed by atoms with E-state index in [1.165, 1.54) is 49.6 Å². The third-order valence-corrected chi connectivity index (χ3v) is 6.19. The predicted molar refractivity (Wildman–Crippen MR) is 109 cm³/mol. The van der Waals surface area contributed by atoms with Gasteiger partial charge in [-0.25, -0.2) is 9.37 Å². The molecule has 5 nitrogen and oxygen atoms in total. The fourth-order valence-corrected chi connectivity index (χ4v) is 4.41. The van der Waals surface area contributed by atoms with Crippen molar-refractivity contribution in [1.82, 2.24) is 14.7 Å². The van der Waals surface area contributed by atoms with Crippen LogP contribution in [0.1, 0.15) is 38.5 Å². The molecule has 0 spiro atoms. The van der Waals surface area contributed by atoms with Crippen molar-refractivity contribution in [3.63, 3.8) is 0 Å². The molecule has 1 saturated carbocycles. The Hall–Kier alpha value is -1.09. The Balaban J connectivity index is 1.39. The van der Waals surface area contributed by atoms with Crippen molar-refractivity contribution >= 4 is 45.9 Å². The molecule has 1 aromatic heterocycles. The Morgan fingerprint density at radius 3 is 2.81 bits per heavy atom. The van der Waals surface area contributed by atoms with Crippen LogP contribution in [0.2, 0.25) is 5.02 Å². The molecule has 0 saturated heterocycles. The van der Waals surface area contributed by atoms with E-state index in [1.807, 2.05) is 0 Å². The summed E-state index contributed by atoms with van der Waals surface area (Å²) in [6, 6.07) is 3.79. The zero-order valence-corrected chi connectivity index (χ0v) is 16.8. The molecule has 26 heavy (non-hydrogen) atoms. The monoisotopic (exact) mass is 415 g/mol. The molecule has 1 fully saturated rings. The number of aromatic nitrogens is 2. The largest absolute Gasteiger partial charge is 0.384 e. The molecule has 0 atom stereocenters. The maximum absolute atomic E-state index is 14.3. The van der Waals surface area contributed by atoms with Crippen LogP contribution in [-0.2, 0) is 0 Å². The number of nitrogens with zero attached hydrogens (tertiary/aromatic N) is 2. The lowest BCUT2D eigenvalue weighted by Crippen LogP contribution is -2.27. The van der Waals surface area contributed by atoms with Gasteiger partial charge in [0.2, 0.25) is 5.13 Å². The van der Waals surface area contributed by atoms with E-state index in [1.54, 1.807) is 6.07 Å². The smallest absolute Gasteiger partial charge is 0.212 e. The Morgan fingerprint density at radius 1 is 1.23 bits per heavy atom. The molecule has 3 N–H and O–H groups in total. The molecule has 0 bridgehead atoms. The first-order valence-electron chi connectivity index (χ1n) is 8.88. The van der Waals surface area contributed by atoms with E-state index in [4.69, 9.17) is 11.6 Å². The molecule has 9 heteroatoms. The summed E-state index contributed by atoms with van der Waals surface area (Å²) in [6.45, 7) is 1.82. The highest BCUT2D eigenvalue weighted by Crippen LogP contribution is 2.32. The minimum atomic E-state index is -0.318. The van der Waals surface area contributed by atoms with Gasteiger partial charge >= 0.3 is 0 Å². The number of hydrogen-bond acceptors (Lipinski definition) is 7. The first-order valence-corrected chi connectivity index (χ1v) is 10.8. The third kappa shape index (κ3) is 5.97. The summed E-state index contributed by atoms with van der Waals surface area (Å²) in [5, 5.41) is 7.97. The van der Waals surface area contributed by atoms with Crippen LogP contribution in [0.4, 0.5) is 15.2 Å². The number of benzene rings is 1. The molecule has 0 unspecified atom stereocenters. The Labute approximate surface area is 166 Å². The summed E-state index contributed by atoms with van der Waals surface area (Å²) in [4.78, 5) is 4.42. The lowest BCUT2D eigenvalue weighted by atomic mass is 10.2. The minimum absolute atomic E-state index is 0.318. The highest BCUT2D eigenvalue weighted by molar-refractivity contribution is 8.00. The van der Waals surface area contributed by atoms with Crippen molar-refractivity contribution in [3.8, 4) is 0 Å². The standard InChI is InChI=1S/C17H23ClFN5S2/c18-13-9-16(25-24-17-22-11-23-26-17)14(19)10-15(13)21-8-4-3-7-20-12-5-1-2-6-12/h9-12,20-21H,1-8H2,(H,22,23,24). The van der Waals surface area contributed by atoms with Crippen molar-refractivity contribution in [2.24, 2.45) is 0 Å². The van der Waals surface area contributed by atoms with Gasteiger partial charge in [0.1, 0.15) is 12.1 Å². The molecule has 0 amide bonds. The quantitative estimate of drug-likeness (QED) is 0.367. The van der Waals surface area contributed by atoms with Gasteiger partial charge in [0.15, 0.2) is 0 Å². The molecular formula is C17H23ClFN5S2. The van der Waals surface area contributed by atoms with E-state index in [9.17, 15) is 4.39 Å². The first-order chi connectivity index (χ1) is 12.7. The van der Waals surface area contributed by atoms with Crippen LogP contribution in [0, 0.1) is 5.82 Å². The lowest BCUT2D eigenvalue weighted by Gasteiger charge is -2.13. The molecule has 1 heterocycles. The summed E-state index contributed by atoms with van der Waals surface area (Å²) in [7, 11) is 0. The van der Waals surface area contributed by atoms with Gasteiger partial charge in [-0.15, -0.1) is 0 Å². The van der Waals surface area contributed by atoms with Crippen molar-refractivity contribution < 1.29 is 4.39 Å². The minimum Gasteiger partial charge on any atom is -0.384 e. The highest BCUT2D eigenvalue weighted by Gasteiger charge is 2.13. The molecule has 1 aliphatic carbocycles. The van der Waals surface area contributed by atoms with Gasteiger partial charge in [-0.1, -0.05) is 24.4 Å². The average molecular weight is 416 g/mol. The van der Waals surface area contributed by atoms with E-state index < -0.39 is 0 Å². The zero-order chi connectivity index (χ0) is 18.2. The second-order valence-electron chi connectivity index (χ2n) is 6.28. The predicted octanol–water partition coefficient (Wildman–Crippen LogP) is 5.17. The number of anilines is 2. The maximum Gasteiger partial charge on any atom is 0.212 e. The second kappa shape index (κ2) is 10.3. The van der Waals surface area contributed by atoms with E-state index in [0.29, 0.717) is 26.8 Å². The molecule has 1 aliphatic rings. The summed E-state index contributed by atoms with van der Waals surface area (Å²) in [5.41, 5.74) is 0.633. The fourth-order valence-electron chi connectivity index (χ4n) is 2.97. The van der Waals surface area contributed by atoms with Gasteiger partial charge in [-0.3, -0.25) is 0 Å². The van der Waals surface area contributed by atoms with Crippen molar-refractivity contribution in [1.29, 1.82) is 0 Å². The van der Waals surface area contributed by atoms with Gasteiger partial charge in [0.25, 0.3) is 0 Å². The third-order valence-electron chi connectivity index (χ3n) is 4.34. The van der Waals surface area contributed by atoms with Crippen LogP contribution in [0.15, 0.2) is 23.4 Å². The highest BCUT2D eigenvalue weighted by atomic mass is 35.5. The Kier molecular flexibility index (Phi) is 7.79. The molecule has 0 aliphatic heterocycles. The molecule has 3 rings (SSSR count). The topological polar surface area (TPSA) is 61.9 Å². The number of unbranched alkanes of at least 4 members (excludes halogenated alkanes) is 1. The molecular weight excluding hydrogens is 393 g/mol. The summed E-state index contributed by atoms with van der Waals surface area (Å²) in [6.07, 6.45) is 8.90. The number of halogens is 2. The van der Waals surface area contributed by atoms with Gasteiger partial charge in [-0.05, 0) is 56.3 Å². The van der Waals surface area contributed by atoms with Crippen LogP contribution < -0.4 is 15.4 Å². The van der Waals surface area contributed by atoms with Gasteiger partial charge in [-0.2, -0.15) is 4.37 Å². The number of nitrogens with one attached hydrogen (secondary N) is 3. The summed E-state index contributed by atoms with van der Waals surface area (Å²) < 4.78 is 21.1. The number of hydrogen-bond donors (Lipinski definition) is 3. The van der Waals surface area contributed by atoms with Gasteiger partial charge in [0, 0.05) is 24.1 Å². The lowest BCUT2D eigenvalue weighted by molar-refractivity contribution is 0.510. The van der Waals surface area contributed by atoms with Crippen LogP contribution >= 0.6 is 35.1 Å². The van der Waals surface area contributed by atoms with Crippen LogP contribution in [0.3, 0.4) is 0 Å². The Morgan fingerprint density at radius 2 is 2.04 bits per heavy atom. The van der Waals surface area contributed by atoms with Crippen LogP contribution in [-0.4, -0.2) is 28.5 Å². The van der Waals surface area contributed by atoms with Crippen LogP contribution in [0.5, 0.6) is 0 Å². The molecule has 2 aromatic rings. The average Bonchev–Trinajstić information content (AvgIpc) is 3.33. The zero-order valence-electron chi connectivity index (χ0n) is 14.4. The molecule has 1 aromatic carbocycles. The molecule has 142 valence electrons. The normalized spacial score (nSPS) is 14.7. The maximum atomic E-state index is 14.3. The van der Waals surface area contributed by atoms with E-state index >= 15 is 0 Å². The van der Waals surface area contributed by atoms with Gasteiger partial charge < -0.3 is 15.4 Å². The van der Waals surface area contributed by atoms with E-state index in [2.05, 4.69) is 24.7 Å². The summed E-state index contributed by atoms with van der Waals surface area (Å²) >= 11 is 8.63. The van der Waals surface area contributed by atoms with Crippen molar-refractivity contribution in [2.45, 2.75) is 49.5 Å². The van der Waals surface area contributed by atoms with E-state index in [0.717, 1.165) is 37.9 Å². The van der Waals surface area contributed by atoms with E-state index in [-0.39, 0.29) is 5.82 Å². The van der Waals surface area contributed by atoms with Crippen LogP contribution in [0.25, 0.3) is 0 Å². The summed E-state index contributed by atoms with van der Waals surface area (Å²) in [5.74, 6) is -0.318. The number of rotatable bonds is 10. The second-order valence-corrected chi connectivity index (χ2v) is 8.32.